The van der Waals surface area contributed by atoms with Gasteiger partial charge >= 0.3 is 11.7 Å². The van der Waals surface area contributed by atoms with Crippen molar-refractivity contribution in [2.24, 2.45) is 0 Å². The summed E-state index contributed by atoms with van der Waals surface area (Å²) in [6.07, 6.45) is 1.37. The molecule has 0 aromatic carbocycles. The van der Waals surface area contributed by atoms with E-state index in [2.05, 4.69) is 9.97 Å². The van der Waals surface area contributed by atoms with Crippen LogP contribution >= 0.6 is 0 Å². The van der Waals surface area contributed by atoms with Crippen molar-refractivity contribution >= 4 is 5.97 Å². The van der Waals surface area contributed by atoms with Crippen molar-refractivity contribution in [1.82, 2.24) is 9.97 Å². The highest BCUT2D eigenvalue weighted by atomic mass is 16.4. The predicted octanol–water partition coefficient (Wildman–Crippen LogP) is 0.354. The van der Waals surface area contributed by atoms with Crippen molar-refractivity contribution in [3.8, 4) is 0 Å². The van der Waals surface area contributed by atoms with E-state index < -0.39 is 11.7 Å². The smallest absolute Gasteiger partial charge is 0.354 e. The zero-order valence-corrected chi connectivity index (χ0v) is 6.68. The van der Waals surface area contributed by atoms with Gasteiger partial charge in [0.15, 0.2) is 0 Å². The molecular weight excluding hydrogens is 160 g/mol. The van der Waals surface area contributed by atoms with E-state index in [4.69, 9.17) is 5.11 Å². The Bertz CT molecular complexity index is 337. The third kappa shape index (κ3) is 1.55. The van der Waals surface area contributed by atoms with Gasteiger partial charge in [0.2, 0.25) is 0 Å². The van der Waals surface area contributed by atoms with Crippen molar-refractivity contribution in [1.29, 1.82) is 0 Å². The van der Waals surface area contributed by atoms with Gasteiger partial charge in [0.1, 0.15) is 5.69 Å². The Labute approximate surface area is 68.4 Å². The van der Waals surface area contributed by atoms with Crippen LogP contribution in [0, 0.1) is 0 Å². The molecule has 0 amide bonds. The van der Waals surface area contributed by atoms with Gasteiger partial charge in [-0.2, -0.15) is 0 Å². The average Bonchev–Trinajstić information content (AvgIpc) is 2.32. The normalized spacial score (nSPS) is 10.1. The number of aromatic nitrogens is 2. The Morgan fingerprint density at radius 1 is 1.50 bits per heavy atom. The molecule has 1 rings (SSSR count). The maximum atomic E-state index is 10.7. The lowest BCUT2D eigenvalue weighted by Crippen LogP contribution is -2.04. The third-order valence-electron chi connectivity index (χ3n) is 1.52. The summed E-state index contributed by atoms with van der Waals surface area (Å²) < 4.78 is 0. The van der Waals surface area contributed by atoms with E-state index in [1.165, 1.54) is 0 Å². The largest absolute Gasteiger partial charge is 0.477 e. The van der Waals surface area contributed by atoms with Crippen molar-refractivity contribution in [3.05, 3.63) is 21.9 Å². The van der Waals surface area contributed by atoms with E-state index in [1.54, 1.807) is 0 Å². The van der Waals surface area contributed by atoms with Crippen molar-refractivity contribution in [2.45, 2.75) is 19.8 Å². The Balaban J connectivity index is 3.08. The Hall–Kier alpha value is -1.52. The number of aromatic amines is 2. The predicted molar refractivity (Wildman–Crippen MR) is 42.4 cm³/mol. The molecule has 1 aromatic rings. The number of carboxylic acids is 1. The zero-order valence-electron chi connectivity index (χ0n) is 6.68. The second kappa shape index (κ2) is 3.25. The molecule has 5 nitrogen and oxygen atoms in total. The quantitative estimate of drug-likeness (QED) is 0.611. The minimum Gasteiger partial charge on any atom is -0.477 e. The van der Waals surface area contributed by atoms with Crippen LogP contribution in [-0.4, -0.2) is 21.0 Å². The van der Waals surface area contributed by atoms with Gasteiger partial charge in [-0.1, -0.05) is 13.3 Å². The number of H-pyrrole nitrogens is 2. The van der Waals surface area contributed by atoms with Crippen LogP contribution in [0.5, 0.6) is 0 Å². The maximum absolute atomic E-state index is 10.7. The fraction of sp³-hybridized carbons (Fsp3) is 0.429. The molecule has 0 fully saturated rings. The number of hydrogen-bond acceptors (Lipinski definition) is 2. The van der Waals surface area contributed by atoms with Crippen molar-refractivity contribution in [3.63, 3.8) is 0 Å². The van der Waals surface area contributed by atoms with Gasteiger partial charge < -0.3 is 10.1 Å². The standard InChI is InChI=1S/C7H10N2O3/c1-2-3-4-5(6(10)11)9-7(12)8-4/h2-3H2,1H3,(H,10,11)(H2,8,9,12). The highest BCUT2D eigenvalue weighted by Crippen LogP contribution is 2.02. The summed E-state index contributed by atoms with van der Waals surface area (Å²) in [6, 6.07) is 0. The Morgan fingerprint density at radius 2 is 2.17 bits per heavy atom. The molecule has 0 aliphatic carbocycles. The fourth-order valence-corrected chi connectivity index (χ4v) is 1.04. The van der Waals surface area contributed by atoms with Crippen LogP contribution in [0.25, 0.3) is 0 Å². The van der Waals surface area contributed by atoms with E-state index >= 15 is 0 Å². The first-order valence-corrected chi connectivity index (χ1v) is 3.69. The fourth-order valence-electron chi connectivity index (χ4n) is 1.04. The second-order valence-electron chi connectivity index (χ2n) is 2.49. The molecule has 0 spiro atoms. The molecule has 1 aromatic heterocycles. The summed E-state index contributed by atoms with van der Waals surface area (Å²) in [7, 11) is 0. The van der Waals surface area contributed by atoms with E-state index in [0.29, 0.717) is 12.1 Å². The summed E-state index contributed by atoms with van der Waals surface area (Å²) in [6.45, 7) is 1.91. The number of hydrogen-bond donors (Lipinski definition) is 3. The van der Waals surface area contributed by atoms with Gasteiger partial charge in [0, 0.05) is 0 Å². The highest BCUT2D eigenvalue weighted by molar-refractivity contribution is 5.86. The first kappa shape index (κ1) is 8.58. The zero-order chi connectivity index (χ0) is 9.14. The van der Waals surface area contributed by atoms with Gasteiger partial charge in [-0.3, -0.25) is 4.98 Å². The summed E-state index contributed by atoms with van der Waals surface area (Å²) in [4.78, 5) is 25.9. The summed E-state index contributed by atoms with van der Waals surface area (Å²) in [5.41, 5.74) is -0.0206. The molecule has 5 heteroatoms. The third-order valence-corrected chi connectivity index (χ3v) is 1.52. The lowest BCUT2D eigenvalue weighted by atomic mass is 10.2. The minimum absolute atomic E-state index is 0.0261. The van der Waals surface area contributed by atoms with E-state index in [1.807, 2.05) is 6.92 Å². The number of aryl methyl sites for hydroxylation is 1. The summed E-state index contributed by atoms with van der Waals surface area (Å²) >= 11 is 0. The van der Waals surface area contributed by atoms with Gasteiger partial charge in [0.05, 0.1) is 5.69 Å². The molecule has 0 saturated carbocycles. The van der Waals surface area contributed by atoms with E-state index in [0.717, 1.165) is 6.42 Å². The monoisotopic (exact) mass is 170 g/mol. The number of imidazole rings is 1. The lowest BCUT2D eigenvalue weighted by Gasteiger charge is -1.93. The molecule has 0 radical (unpaired) electrons. The highest BCUT2D eigenvalue weighted by Gasteiger charge is 2.12. The molecule has 0 saturated heterocycles. The molecule has 0 atom stereocenters. The summed E-state index contributed by atoms with van der Waals surface area (Å²) in [5, 5.41) is 8.62. The number of rotatable bonds is 3. The molecule has 0 bridgehead atoms. The van der Waals surface area contributed by atoms with E-state index in [-0.39, 0.29) is 5.69 Å². The first-order chi connectivity index (χ1) is 5.65. The van der Waals surface area contributed by atoms with Crippen LogP contribution in [0.2, 0.25) is 0 Å². The molecule has 12 heavy (non-hydrogen) atoms. The SMILES string of the molecule is CCCc1[nH]c(=O)[nH]c1C(=O)O. The lowest BCUT2D eigenvalue weighted by molar-refractivity contribution is 0.0689. The summed E-state index contributed by atoms with van der Waals surface area (Å²) in [5.74, 6) is -1.10. The second-order valence-corrected chi connectivity index (χ2v) is 2.49. The molecular formula is C7H10N2O3. The van der Waals surface area contributed by atoms with Crippen LogP contribution in [0.3, 0.4) is 0 Å². The number of carbonyl (C=O) groups is 1. The van der Waals surface area contributed by atoms with Gasteiger partial charge in [-0.05, 0) is 6.42 Å². The van der Waals surface area contributed by atoms with Gasteiger partial charge in [0.25, 0.3) is 0 Å². The van der Waals surface area contributed by atoms with Crippen LogP contribution in [0.1, 0.15) is 29.5 Å². The Kier molecular flexibility index (Phi) is 2.32. The molecule has 3 N–H and O–H groups in total. The van der Waals surface area contributed by atoms with Crippen molar-refractivity contribution in [2.75, 3.05) is 0 Å². The number of nitrogens with one attached hydrogen (secondary N) is 2. The molecule has 0 unspecified atom stereocenters. The number of carboxylic acid groups (broad SMARTS) is 1. The molecule has 0 aliphatic rings. The Morgan fingerprint density at radius 3 is 2.67 bits per heavy atom. The van der Waals surface area contributed by atoms with Crippen LogP contribution in [0.15, 0.2) is 4.79 Å². The molecule has 1 heterocycles. The maximum Gasteiger partial charge on any atom is 0.354 e. The van der Waals surface area contributed by atoms with Crippen molar-refractivity contribution < 1.29 is 9.90 Å². The minimum atomic E-state index is -1.10. The van der Waals surface area contributed by atoms with Gasteiger partial charge in [-0.25, -0.2) is 9.59 Å². The van der Waals surface area contributed by atoms with Crippen LogP contribution in [0.4, 0.5) is 0 Å². The molecule has 0 aliphatic heterocycles. The first-order valence-electron chi connectivity index (χ1n) is 3.69. The average molecular weight is 170 g/mol. The number of aromatic carboxylic acids is 1. The molecule has 66 valence electrons. The van der Waals surface area contributed by atoms with Crippen LogP contribution < -0.4 is 5.69 Å². The van der Waals surface area contributed by atoms with Gasteiger partial charge in [-0.15, -0.1) is 0 Å². The van der Waals surface area contributed by atoms with Crippen LogP contribution in [-0.2, 0) is 6.42 Å². The topological polar surface area (TPSA) is 86.0 Å². The van der Waals surface area contributed by atoms with E-state index in [9.17, 15) is 9.59 Å².